The molecule has 1 saturated heterocycles. The van der Waals surface area contributed by atoms with E-state index in [1.807, 2.05) is 27.0 Å². The Morgan fingerprint density at radius 3 is 2.65 bits per heavy atom. The summed E-state index contributed by atoms with van der Waals surface area (Å²) in [4.78, 5) is 7.00. The maximum atomic E-state index is 12.7. The highest BCUT2D eigenvalue weighted by Gasteiger charge is 2.23. The highest BCUT2D eigenvalue weighted by atomic mass is 32.2. The van der Waals surface area contributed by atoms with Crippen LogP contribution >= 0.6 is 0 Å². The summed E-state index contributed by atoms with van der Waals surface area (Å²) in [5, 5.41) is 3.36. The normalized spacial score (nSPS) is 19.3. The molecule has 1 aromatic rings. The van der Waals surface area contributed by atoms with Gasteiger partial charge in [0.05, 0.1) is 17.3 Å². The number of benzene rings is 1. The van der Waals surface area contributed by atoms with E-state index in [1.165, 1.54) is 0 Å². The van der Waals surface area contributed by atoms with Gasteiger partial charge < -0.3 is 15.0 Å². The number of hydrogen-bond donors (Lipinski definition) is 1. The van der Waals surface area contributed by atoms with Crippen LogP contribution in [0.15, 0.2) is 40.2 Å². The average molecular weight is 382 g/mol. The lowest BCUT2D eigenvalue weighted by molar-refractivity contribution is 0.181. The van der Waals surface area contributed by atoms with Crippen molar-refractivity contribution >= 4 is 15.8 Å². The summed E-state index contributed by atoms with van der Waals surface area (Å²) in [7, 11) is -1.34. The van der Waals surface area contributed by atoms with Crippen molar-refractivity contribution in [2.75, 3.05) is 39.1 Å². The van der Waals surface area contributed by atoms with Crippen LogP contribution in [-0.2, 0) is 14.6 Å². The lowest BCUT2D eigenvalue weighted by Gasteiger charge is -2.28. The summed E-state index contributed by atoms with van der Waals surface area (Å²) in [6.45, 7) is 7.08. The fraction of sp³-hybridized carbons (Fsp3) is 0.632. The van der Waals surface area contributed by atoms with E-state index in [4.69, 9.17) is 4.74 Å². The molecule has 0 aromatic heterocycles. The number of hydrogen-bond acceptors (Lipinski definition) is 4. The Morgan fingerprint density at radius 2 is 2.08 bits per heavy atom. The van der Waals surface area contributed by atoms with Crippen molar-refractivity contribution in [1.82, 2.24) is 10.2 Å². The van der Waals surface area contributed by atoms with Crippen LogP contribution in [-0.4, -0.2) is 64.4 Å². The topological polar surface area (TPSA) is 71.0 Å². The molecular weight excluding hydrogens is 350 g/mol. The number of rotatable bonds is 8. The van der Waals surface area contributed by atoms with Gasteiger partial charge in [-0.25, -0.2) is 8.42 Å². The van der Waals surface area contributed by atoms with Crippen molar-refractivity contribution in [2.24, 2.45) is 10.9 Å². The van der Waals surface area contributed by atoms with Gasteiger partial charge in [0, 0.05) is 38.7 Å². The van der Waals surface area contributed by atoms with Gasteiger partial charge in [0.25, 0.3) is 0 Å². The molecule has 146 valence electrons. The van der Waals surface area contributed by atoms with Gasteiger partial charge >= 0.3 is 0 Å². The zero-order valence-corrected chi connectivity index (χ0v) is 16.8. The Bertz CT molecular complexity index is 671. The van der Waals surface area contributed by atoms with Gasteiger partial charge in [-0.3, -0.25) is 4.99 Å². The smallest absolute Gasteiger partial charge is 0.193 e. The minimum Gasteiger partial charge on any atom is -0.381 e. The lowest BCUT2D eigenvalue weighted by atomic mass is 10.1. The Morgan fingerprint density at radius 1 is 1.35 bits per heavy atom. The summed E-state index contributed by atoms with van der Waals surface area (Å²) in [6, 6.07) is 8.44. The molecule has 1 aliphatic heterocycles. The first-order valence-corrected chi connectivity index (χ1v) is 11.0. The number of aliphatic imine (C=N–C) groups is 1. The molecule has 2 atom stereocenters. The SMILES string of the molecule is CCN=C(NC(CC)CS(=O)(=O)c1ccccc1)N(C)CC1CCOC1. The minimum atomic E-state index is -3.34. The molecule has 2 unspecified atom stereocenters. The third-order valence-corrected chi connectivity index (χ3v) is 6.41. The summed E-state index contributed by atoms with van der Waals surface area (Å²) >= 11 is 0. The van der Waals surface area contributed by atoms with Crippen molar-refractivity contribution in [3.63, 3.8) is 0 Å². The maximum Gasteiger partial charge on any atom is 0.193 e. The third-order valence-electron chi connectivity index (χ3n) is 4.57. The lowest BCUT2D eigenvalue weighted by Crippen LogP contribution is -2.48. The molecule has 0 amide bonds. The predicted molar refractivity (Wildman–Crippen MR) is 105 cm³/mol. The second-order valence-corrected chi connectivity index (χ2v) is 8.79. The fourth-order valence-electron chi connectivity index (χ4n) is 3.06. The van der Waals surface area contributed by atoms with Gasteiger partial charge in [-0.05, 0) is 31.9 Å². The Balaban J connectivity index is 2.03. The molecule has 1 heterocycles. The molecule has 1 aromatic carbocycles. The van der Waals surface area contributed by atoms with Crippen LogP contribution in [0.1, 0.15) is 26.7 Å². The highest BCUT2D eigenvalue weighted by molar-refractivity contribution is 7.91. The van der Waals surface area contributed by atoms with Crippen LogP contribution in [0.5, 0.6) is 0 Å². The molecule has 0 radical (unpaired) electrons. The van der Waals surface area contributed by atoms with Crippen molar-refractivity contribution in [3.05, 3.63) is 30.3 Å². The number of ether oxygens (including phenoxy) is 1. The second-order valence-electron chi connectivity index (χ2n) is 6.75. The van der Waals surface area contributed by atoms with Gasteiger partial charge in [0.1, 0.15) is 0 Å². The molecule has 1 fully saturated rings. The Kier molecular flexibility index (Phi) is 7.90. The first-order valence-electron chi connectivity index (χ1n) is 9.34. The van der Waals surface area contributed by atoms with E-state index in [-0.39, 0.29) is 11.8 Å². The van der Waals surface area contributed by atoms with Crippen LogP contribution in [0.4, 0.5) is 0 Å². The Labute approximate surface area is 157 Å². The van der Waals surface area contributed by atoms with E-state index < -0.39 is 9.84 Å². The molecule has 0 aliphatic carbocycles. The molecule has 0 saturated carbocycles. The minimum absolute atomic E-state index is 0.0522. The van der Waals surface area contributed by atoms with E-state index in [0.29, 0.717) is 23.8 Å². The van der Waals surface area contributed by atoms with Gasteiger partial charge in [-0.15, -0.1) is 0 Å². The second kappa shape index (κ2) is 9.92. The standard InChI is InChI=1S/C19H31N3O3S/c1-4-17(15-26(23,24)18-9-7-6-8-10-18)21-19(20-5-2)22(3)13-16-11-12-25-14-16/h6-10,16-17H,4-5,11-15H2,1-3H3,(H,20,21). The highest BCUT2D eigenvalue weighted by Crippen LogP contribution is 2.15. The van der Waals surface area contributed by atoms with E-state index in [1.54, 1.807) is 24.3 Å². The van der Waals surface area contributed by atoms with Crippen molar-refractivity contribution in [1.29, 1.82) is 0 Å². The summed E-state index contributed by atoms with van der Waals surface area (Å²) < 4.78 is 30.8. The Hall–Kier alpha value is -1.60. The van der Waals surface area contributed by atoms with Crippen molar-refractivity contribution in [3.8, 4) is 0 Å². The van der Waals surface area contributed by atoms with Crippen LogP contribution in [0.25, 0.3) is 0 Å². The van der Waals surface area contributed by atoms with Crippen molar-refractivity contribution < 1.29 is 13.2 Å². The number of nitrogens with one attached hydrogen (secondary N) is 1. The van der Waals surface area contributed by atoms with E-state index in [2.05, 4.69) is 15.2 Å². The molecule has 0 spiro atoms. The van der Waals surface area contributed by atoms with Gasteiger partial charge in [-0.1, -0.05) is 25.1 Å². The molecule has 1 aliphatic rings. The third kappa shape index (κ3) is 5.99. The fourth-order valence-corrected chi connectivity index (χ4v) is 4.67. The number of nitrogens with zero attached hydrogens (tertiary/aromatic N) is 2. The first-order chi connectivity index (χ1) is 12.5. The van der Waals surface area contributed by atoms with Crippen molar-refractivity contribution in [2.45, 2.75) is 37.6 Å². The summed E-state index contributed by atoms with van der Waals surface area (Å²) in [5.41, 5.74) is 0. The van der Waals surface area contributed by atoms with Gasteiger partial charge in [0.2, 0.25) is 0 Å². The monoisotopic (exact) mass is 381 g/mol. The average Bonchev–Trinajstić information content (AvgIpc) is 3.14. The molecular formula is C19H31N3O3S. The largest absolute Gasteiger partial charge is 0.381 e. The maximum absolute atomic E-state index is 12.7. The molecule has 2 rings (SSSR count). The van der Waals surface area contributed by atoms with Crippen LogP contribution in [0.3, 0.4) is 0 Å². The van der Waals surface area contributed by atoms with E-state index in [0.717, 1.165) is 32.1 Å². The molecule has 1 N–H and O–H groups in total. The molecule has 0 bridgehead atoms. The van der Waals surface area contributed by atoms with E-state index in [9.17, 15) is 8.42 Å². The zero-order chi connectivity index (χ0) is 19.0. The van der Waals surface area contributed by atoms with E-state index >= 15 is 0 Å². The quantitative estimate of drug-likeness (QED) is 0.552. The van der Waals surface area contributed by atoms with Crippen LogP contribution in [0.2, 0.25) is 0 Å². The zero-order valence-electron chi connectivity index (χ0n) is 16.0. The van der Waals surface area contributed by atoms with Gasteiger partial charge in [0.15, 0.2) is 15.8 Å². The first kappa shape index (κ1) is 20.7. The van der Waals surface area contributed by atoms with Crippen LogP contribution < -0.4 is 5.32 Å². The molecule has 6 nitrogen and oxygen atoms in total. The molecule has 26 heavy (non-hydrogen) atoms. The van der Waals surface area contributed by atoms with Crippen LogP contribution in [0, 0.1) is 5.92 Å². The molecule has 7 heteroatoms. The summed E-state index contributed by atoms with van der Waals surface area (Å²) in [6.07, 6.45) is 1.76. The summed E-state index contributed by atoms with van der Waals surface area (Å²) in [5.74, 6) is 1.31. The number of sulfone groups is 1. The number of guanidine groups is 1. The van der Waals surface area contributed by atoms with Gasteiger partial charge in [-0.2, -0.15) is 0 Å². The predicted octanol–water partition coefficient (Wildman–Crippen LogP) is 2.17.